The molecule has 0 fully saturated rings. The molecule has 2 aromatic heterocycles. The summed E-state index contributed by atoms with van der Waals surface area (Å²) in [7, 11) is 3.90. The molecule has 0 saturated carbocycles. The summed E-state index contributed by atoms with van der Waals surface area (Å²) >= 11 is 0. The Kier molecular flexibility index (Phi) is 3.67. The lowest BCUT2D eigenvalue weighted by atomic mass is 10.1. The molecule has 0 aliphatic carbocycles. The van der Waals surface area contributed by atoms with Crippen molar-refractivity contribution in [2.45, 2.75) is 0 Å². The smallest absolute Gasteiger partial charge is 0.373 e. The molecule has 23 heavy (non-hydrogen) atoms. The number of nitrogens with zero attached hydrogens (tertiary/aromatic N) is 6. The van der Waals surface area contributed by atoms with Gasteiger partial charge in [0.15, 0.2) is 0 Å². The Labute approximate surface area is 130 Å². The van der Waals surface area contributed by atoms with Crippen molar-refractivity contribution >= 4 is 34.2 Å². The maximum absolute atomic E-state index is 10.7. The molecule has 116 valence electrons. The van der Waals surface area contributed by atoms with Gasteiger partial charge in [-0.3, -0.25) is 10.1 Å². The summed E-state index contributed by atoms with van der Waals surface area (Å²) in [5.41, 5.74) is 2.25. The van der Waals surface area contributed by atoms with E-state index in [0.29, 0.717) is 11.2 Å². The quantitative estimate of drug-likeness (QED) is 0.714. The van der Waals surface area contributed by atoms with Gasteiger partial charge in [0.25, 0.3) is 5.95 Å². The Balaban J connectivity index is 2.01. The fraction of sp³-hybridized carbons (Fsp3) is 0.143. The van der Waals surface area contributed by atoms with Gasteiger partial charge in [0.2, 0.25) is 5.82 Å². The lowest BCUT2D eigenvalue weighted by Gasteiger charge is -2.15. The summed E-state index contributed by atoms with van der Waals surface area (Å²) in [6, 6.07) is 7.51. The molecule has 9 heteroatoms. The molecule has 0 spiro atoms. The van der Waals surface area contributed by atoms with Crippen molar-refractivity contribution in [2.24, 2.45) is 10.2 Å². The van der Waals surface area contributed by atoms with Gasteiger partial charge in [-0.25, -0.2) is 4.79 Å². The number of aromatic amines is 1. The van der Waals surface area contributed by atoms with Crippen LogP contribution in [0.2, 0.25) is 0 Å². The average Bonchev–Trinajstić information content (AvgIpc) is 3.01. The molecule has 0 aliphatic rings. The number of carbonyl (C=O) groups is 1. The van der Waals surface area contributed by atoms with E-state index in [1.54, 1.807) is 12.3 Å². The predicted molar refractivity (Wildman–Crippen MR) is 83.6 cm³/mol. The van der Waals surface area contributed by atoms with Gasteiger partial charge in [0.05, 0.1) is 5.52 Å². The highest BCUT2D eigenvalue weighted by Crippen LogP contribution is 2.32. The second kappa shape index (κ2) is 5.79. The number of hydrogen-bond acceptors (Lipinski definition) is 7. The number of H-pyrrole nitrogens is 1. The van der Waals surface area contributed by atoms with Crippen molar-refractivity contribution in [1.29, 1.82) is 0 Å². The van der Waals surface area contributed by atoms with Crippen molar-refractivity contribution in [2.75, 3.05) is 19.0 Å². The molecule has 2 heterocycles. The Morgan fingerprint density at radius 3 is 2.78 bits per heavy atom. The molecule has 9 nitrogen and oxygen atoms in total. The van der Waals surface area contributed by atoms with Crippen LogP contribution < -0.4 is 4.90 Å². The van der Waals surface area contributed by atoms with Gasteiger partial charge in [-0.1, -0.05) is 0 Å². The topological polar surface area (TPSA) is 120 Å². The molecule has 3 aromatic rings. The summed E-state index contributed by atoms with van der Waals surface area (Å²) in [4.78, 5) is 20.8. The number of rotatable bonds is 4. The first-order chi connectivity index (χ1) is 11.1. The molecule has 0 atom stereocenters. The predicted octanol–water partition coefficient (Wildman–Crippen LogP) is 2.53. The zero-order valence-electron chi connectivity index (χ0n) is 12.4. The van der Waals surface area contributed by atoms with E-state index in [0.717, 1.165) is 11.1 Å². The molecule has 2 N–H and O–H groups in total. The van der Waals surface area contributed by atoms with Gasteiger partial charge in [0, 0.05) is 31.4 Å². The first-order valence-corrected chi connectivity index (χ1v) is 6.69. The van der Waals surface area contributed by atoms with E-state index in [4.69, 9.17) is 5.11 Å². The third-order valence-corrected chi connectivity index (χ3v) is 3.13. The first-order valence-electron chi connectivity index (χ1n) is 6.69. The highest BCUT2D eigenvalue weighted by atomic mass is 16.4. The van der Waals surface area contributed by atoms with Crippen molar-refractivity contribution in [1.82, 2.24) is 20.2 Å². The zero-order valence-corrected chi connectivity index (χ0v) is 12.4. The number of pyridine rings is 1. The number of aromatic nitrogens is 4. The first kappa shape index (κ1) is 14.6. The lowest BCUT2D eigenvalue weighted by Crippen LogP contribution is -2.09. The maximum Gasteiger partial charge on any atom is 0.373 e. The lowest BCUT2D eigenvalue weighted by molar-refractivity contribution is 0.0684. The van der Waals surface area contributed by atoms with Gasteiger partial charge in [-0.2, -0.15) is 4.98 Å². The molecule has 3 rings (SSSR count). The van der Waals surface area contributed by atoms with Gasteiger partial charge >= 0.3 is 5.97 Å². The van der Waals surface area contributed by atoms with Gasteiger partial charge < -0.3 is 10.0 Å². The fourth-order valence-corrected chi connectivity index (χ4v) is 2.11. The van der Waals surface area contributed by atoms with Crippen molar-refractivity contribution in [3.63, 3.8) is 0 Å². The molecular formula is C14H13N7O2. The maximum atomic E-state index is 10.7. The van der Waals surface area contributed by atoms with E-state index < -0.39 is 5.97 Å². The summed E-state index contributed by atoms with van der Waals surface area (Å²) < 4.78 is 0. The number of carboxylic acid groups (broad SMARTS) is 1. The number of benzene rings is 1. The Hall–Kier alpha value is -3.36. The van der Waals surface area contributed by atoms with Crippen molar-refractivity contribution < 1.29 is 9.90 Å². The standard InChI is InChI=1S/C14H13N7O2/c1-21(2)10-6-5-9(11-8(10)4-3-7-15-11)17-19-14-16-12(13(22)23)18-20-14/h3-7H,1-2H3,(H,22,23)(H,16,18,20)/b19-17+. The minimum atomic E-state index is -1.21. The summed E-state index contributed by atoms with van der Waals surface area (Å²) in [6.07, 6.45) is 1.68. The van der Waals surface area contributed by atoms with E-state index >= 15 is 0 Å². The molecular weight excluding hydrogens is 298 g/mol. The van der Waals surface area contributed by atoms with Crippen LogP contribution in [0.15, 0.2) is 40.7 Å². The molecule has 0 aliphatic heterocycles. The summed E-state index contributed by atoms with van der Waals surface area (Å²) in [5, 5.41) is 23.6. The summed E-state index contributed by atoms with van der Waals surface area (Å²) in [5.74, 6) is -1.55. The zero-order chi connectivity index (χ0) is 16.4. The average molecular weight is 311 g/mol. The van der Waals surface area contributed by atoms with E-state index in [1.807, 2.05) is 37.2 Å². The molecule has 1 aromatic carbocycles. The number of aromatic carboxylic acids is 1. The Morgan fingerprint density at radius 2 is 2.09 bits per heavy atom. The molecule has 0 radical (unpaired) electrons. The molecule has 0 amide bonds. The highest BCUT2D eigenvalue weighted by molar-refractivity contribution is 5.98. The van der Waals surface area contributed by atoms with Crippen LogP contribution in [0.1, 0.15) is 10.6 Å². The fourth-order valence-electron chi connectivity index (χ4n) is 2.11. The highest BCUT2D eigenvalue weighted by Gasteiger charge is 2.10. The number of nitrogens with one attached hydrogen (secondary N) is 1. The van der Waals surface area contributed by atoms with E-state index in [1.165, 1.54) is 0 Å². The minimum absolute atomic E-state index is 0.0526. The monoisotopic (exact) mass is 311 g/mol. The Morgan fingerprint density at radius 1 is 1.26 bits per heavy atom. The van der Waals surface area contributed by atoms with Gasteiger partial charge in [-0.05, 0) is 24.3 Å². The molecule has 0 saturated heterocycles. The number of anilines is 1. The van der Waals surface area contributed by atoms with Crippen LogP contribution in [0.3, 0.4) is 0 Å². The third-order valence-electron chi connectivity index (χ3n) is 3.13. The minimum Gasteiger partial charge on any atom is -0.475 e. The van der Waals surface area contributed by atoms with Crippen molar-refractivity contribution in [3.8, 4) is 0 Å². The SMILES string of the molecule is CN(C)c1ccc(/N=N/c2n[nH]c(C(=O)O)n2)c2ncccc12. The van der Waals surface area contributed by atoms with E-state index in [2.05, 4.69) is 30.4 Å². The van der Waals surface area contributed by atoms with E-state index in [-0.39, 0.29) is 11.8 Å². The number of hydrogen-bond donors (Lipinski definition) is 2. The van der Waals surface area contributed by atoms with Gasteiger partial charge in [-0.15, -0.1) is 15.3 Å². The number of carboxylic acids is 1. The largest absolute Gasteiger partial charge is 0.475 e. The van der Waals surface area contributed by atoms with Crippen LogP contribution in [0.4, 0.5) is 17.3 Å². The molecule has 0 bridgehead atoms. The van der Waals surface area contributed by atoms with Crippen LogP contribution in [-0.4, -0.2) is 45.3 Å². The van der Waals surface area contributed by atoms with Crippen LogP contribution in [-0.2, 0) is 0 Å². The van der Waals surface area contributed by atoms with Gasteiger partial charge in [0.1, 0.15) is 5.69 Å². The molecule has 0 unspecified atom stereocenters. The number of azo groups is 1. The van der Waals surface area contributed by atoms with Crippen LogP contribution >= 0.6 is 0 Å². The third kappa shape index (κ3) is 2.84. The van der Waals surface area contributed by atoms with E-state index in [9.17, 15) is 4.79 Å². The normalized spacial score (nSPS) is 11.2. The second-order valence-electron chi connectivity index (χ2n) is 4.89. The van der Waals surface area contributed by atoms with Crippen molar-refractivity contribution in [3.05, 3.63) is 36.3 Å². The van der Waals surface area contributed by atoms with Crippen LogP contribution in [0, 0.1) is 0 Å². The van der Waals surface area contributed by atoms with Crippen LogP contribution in [0.5, 0.6) is 0 Å². The summed E-state index contributed by atoms with van der Waals surface area (Å²) in [6.45, 7) is 0. The number of fused-ring (bicyclic) bond motifs is 1. The second-order valence-corrected chi connectivity index (χ2v) is 4.89. The van der Waals surface area contributed by atoms with Crippen LogP contribution in [0.25, 0.3) is 10.9 Å². The Bertz CT molecular complexity index is 901.